The van der Waals surface area contributed by atoms with Crippen LogP contribution >= 0.6 is 0 Å². The highest BCUT2D eigenvalue weighted by molar-refractivity contribution is 6.12. The molecule has 0 aliphatic heterocycles. The first-order chi connectivity index (χ1) is 19.5. The van der Waals surface area contributed by atoms with Crippen molar-refractivity contribution in [1.29, 1.82) is 0 Å². The fourth-order valence-corrected chi connectivity index (χ4v) is 5.34. The molecule has 14 heteroatoms. The van der Waals surface area contributed by atoms with Gasteiger partial charge in [0.2, 0.25) is 0 Å². The lowest BCUT2D eigenvalue weighted by atomic mass is 9.82. The molecule has 43 heavy (non-hydrogen) atoms. The zero-order valence-corrected chi connectivity index (χ0v) is 23.6. The largest absolute Gasteiger partial charge is 0.460 e. The number of fused-ring (bicyclic) bond motifs is 2. The molecular weight excluding hydrogens is 586 g/mol. The average Bonchev–Trinajstić information content (AvgIpc) is 3.46. The van der Waals surface area contributed by atoms with Gasteiger partial charge in [-0.1, -0.05) is 41.5 Å². The fourth-order valence-electron chi connectivity index (χ4n) is 5.34. The van der Waals surface area contributed by atoms with E-state index in [2.05, 4.69) is 0 Å². The Bertz CT molecular complexity index is 1750. The molecule has 0 N–H and O–H groups in total. The highest BCUT2D eigenvalue weighted by Crippen LogP contribution is 2.67. The van der Waals surface area contributed by atoms with Crippen LogP contribution in [0, 0.1) is 20.2 Å². The molecule has 4 aromatic rings. The fraction of sp³-hybridized carbons (Fsp3) is 0.379. The highest BCUT2D eigenvalue weighted by atomic mass is 19.3. The predicted octanol–water partition coefficient (Wildman–Crippen LogP) is 9.42. The molecule has 0 fully saturated rings. The summed E-state index contributed by atoms with van der Waals surface area (Å²) in [6.45, 7) is 8.83. The normalized spacial score (nSPS) is 18.1. The number of furan rings is 2. The Balaban J connectivity index is 2.05. The van der Waals surface area contributed by atoms with Crippen LogP contribution in [0.5, 0.6) is 0 Å². The third-order valence-electron chi connectivity index (χ3n) is 7.30. The van der Waals surface area contributed by atoms with E-state index in [1.54, 1.807) is 0 Å². The molecule has 2 aromatic carbocycles. The minimum Gasteiger partial charge on any atom is -0.460 e. The van der Waals surface area contributed by atoms with Crippen LogP contribution in [0.25, 0.3) is 33.1 Å². The molecule has 1 aliphatic rings. The number of nitrogens with zero attached hydrogens (tertiary/aromatic N) is 2. The molecule has 5 rings (SSSR count). The molecule has 228 valence electrons. The number of rotatable bonds is 4. The number of non-ortho nitro benzene ring substituents is 2. The van der Waals surface area contributed by atoms with Crippen LogP contribution in [0.4, 0.5) is 37.7 Å². The number of allylic oxidation sites excluding steroid dienone is 2. The minimum atomic E-state index is -5.94. The van der Waals surface area contributed by atoms with Gasteiger partial charge in [-0.3, -0.25) is 20.2 Å². The molecule has 2 aromatic heterocycles. The maximum atomic E-state index is 16.0. The van der Waals surface area contributed by atoms with E-state index >= 15 is 26.3 Å². The summed E-state index contributed by atoms with van der Waals surface area (Å²) in [4.78, 5) is 21.2. The van der Waals surface area contributed by atoms with Crippen molar-refractivity contribution in [2.45, 2.75) is 70.1 Å². The van der Waals surface area contributed by atoms with Gasteiger partial charge in [0.1, 0.15) is 22.7 Å². The first kappa shape index (κ1) is 30.1. The Morgan fingerprint density at radius 1 is 0.628 bits per heavy atom. The predicted molar refractivity (Wildman–Crippen MR) is 145 cm³/mol. The van der Waals surface area contributed by atoms with Crippen molar-refractivity contribution in [1.82, 2.24) is 0 Å². The second kappa shape index (κ2) is 8.83. The molecule has 8 nitrogen and oxygen atoms in total. The lowest BCUT2D eigenvalue weighted by molar-refractivity contribution is -0.384. The molecule has 0 bridgehead atoms. The Labute approximate surface area is 239 Å². The number of hydrogen-bond donors (Lipinski definition) is 0. The zero-order chi connectivity index (χ0) is 32.2. The highest BCUT2D eigenvalue weighted by Gasteiger charge is 2.81. The summed E-state index contributed by atoms with van der Waals surface area (Å²) >= 11 is 0. The second-order valence-electron chi connectivity index (χ2n) is 12.5. The van der Waals surface area contributed by atoms with Gasteiger partial charge in [-0.15, -0.1) is 0 Å². The molecule has 0 saturated heterocycles. The monoisotopic (exact) mass is 610 g/mol. The maximum absolute atomic E-state index is 16.0. The molecule has 0 spiro atoms. The summed E-state index contributed by atoms with van der Waals surface area (Å²) < 4.78 is 106. The number of hydrogen-bond acceptors (Lipinski definition) is 6. The van der Waals surface area contributed by atoms with E-state index in [1.807, 2.05) is 0 Å². The number of nitro benzene ring substituents is 2. The van der Waals surface area contributed by atoms with Crippen LogP contribution in [-0.2, 0) is 10.8 Å². The van der Waals surface area contributed by atoms with Gasteiger partial charge in [-0.05, 0) is 12.1 Å². The van der Waals surface area contributed by atoms with Gasteiger partial charge >= 0.3 is 17.8 Å². The first-order valence-corrected chi connectivity index (χ1v) is 12.9. The molecule has 0 amide bonds. The zero-order valence-electron chi connectivity index (χ0n) is 23.6. The summed E-state index contributed by atoms with van der Waals surface area (Å²) in [5.74, 6) is -17.7. The van der Waals surface area contributed by atoms with Crippen molar-refractivity contribution in [3.63, 3.8) is 0 Å². The first-order valence-electron chi connectivity index (χ1n) is 12.9. The maximum Gasteiger partial charge on any atom is 0.380 e. The molecular formula is C29H24F6N2O6. The number of benzene rings is 2. The van der Waals surface area contributed by atoms with Crippen LogP contribution in [-0.4, -0.2) is 27.6 Å². The van der Waals surface area contributed by atoms with E-state index in [0.717, 1.165) is 36.4 Å². The molecule has 1 aliphatic carbocycles. The molecule has 0 atom stereocenters. The second-order valence-corrected chi connectivity index (χ2v) is 12.5. The van der Waals surface area contributed by atoms with Gasteiger partial charge in [0.25, 0.3) is 11.4 Å². The van der Waals surface area contributed by atoms with Crippen molar-refractivity contribution in [3.8, 4) is 0 Å². The lowest BCUT2D eigenvalue weighted by Crippen LogP contribution is -2.49. The van der Waals surface area contributed by atoms with Crippen LogP contribution < -0.4 is 0 Å². The Morgan fingerprint density at radius 2 is 0.953 bits per heavy atom. The molecule has 0 saturated carbocycles. The van der Waals surface area contributed by atoms with Crippen molar-refractivity contribution >= 4 is 44.5 Å². The summed E-state index contributed by atoms with van der Waals surface area (Å²) in [5.41, 5.74) is -9.17. The van der Waals surface area contributed by atoms with E-state index in [4.69, 9.17) is 8.83 Å². The molecule has 2 heterocycles. The summed E-state index contributed by atoms with van der Waals surface area (Å²) in [6, 6.07) is 5.60. The third kappa shape index (κ3) is 4.13. The van der Waals surface area contributed by atoms with Crippen LogP contribution in [0.3, 0.4) is 0 Å². The van der Waals surface area contributed by atoms with Gasteiger partial charge in [-0.25, -0.2) is 0 Å². The van der Waals surface area contributed by atoms with E-state index in [1.165, 1.54) is 41.5 Å². The van der Waals surface area contributed by atoms with Crippen LogP contribution in [0.15, 0.2) is 45.2 Å². The van der Waals surface area contributed by atoms with E-state index in [0.29, 0.717) is 0 Å². The average molecular weight is 611 g/mol. The Kier molecular flexibility index (Phi) is 6.18. The molecule has 0 unspecified atom stereocenters. The van der Waals surface area contributed by atoms with Crippen molar-refractivity contribution < 1.29 is 45.0 Å². The summed E-state index contributed by atoms with van der Waals surface area (Å²) in [7, 11) is 0. The van der Waals surface area contributed by atoms with E-state index in [-0.39, 0.29) is 33.5 Å². The Morgan fingerprint density at radius 3 is 1.23 bits per heavy atom. The lowest BCUT2D eigenvalue weighted by Gasteiger charge is -2.26. The van der Waals surface area contributed by atoms with Crippen molar-refractivity contribution in [3.05, 3.63) is 79.3 Å². The summed E-state index contributed by atoms with van der Waals surface area (Å²) in [6.07, 6.45) is 0. The molecule has 0 radical (unpaired) electrons. The van der Waals surface area contributed by atoms with Crippen LogP contribution in [0.1, 0.15) is 64.2 Å². The number of nitro groups is 2. The smallest absolute Gasteiger partial charge is 0.380 e. The van der Waals surface area contributed by atoms with Gasteiger partial charge in [0, 0.05) is 56.0 Å². The van der Waals surface area contributed by atoms with Gasteiger partial charge in [0.05, 0.1) is 22.0 Å². The van der Waals surface area contributed by atoms with Gasteiger partial charge < -0.3 is 8.83 Å². The topological polar surface area (TPSA) is 113 Å². The third-order valence-corrected chi connectivity index (χ3v) is 7.30. The summed E-state index contributed by atoms with van der Waals surface area (Å²) in [5, 5.41) is 22.1. The van der Waals surface area contributed by atoms with Gasteiger partial charge in [0.15, 0.2) is 0 Å². The minimum absolute atomic E-state index is 0.322. The van der Waals surface area contributed by atoms with E-state index in [9.17, 15) is 20.2 Å². The quantitative estimate of drug-likeness (QED) is 0.129. The van der Waals surface area contributed by atoms with Crippen LogP contribution in [0.2, 0.25) is 0 Å². The standard InChI is InChI=1S/C29H24F6N2O6/c1-25(2,3)23-19(15-9-7-13(36(38)39)11-17(15)42-23)21-22(28(32,33)29(34,35)27(21,30)31)20-16-10-8-14(37(40)41)12-18(16)43-24(20)26(4,5)6/h7-12H,1-6H3. The van der Waals surface area contributed by atoms with Crippen molar-refractivity contribution in [2.24, 2.45) is 0 Å². The van der Waals surface area contributed by atoms with E-state index < -0.39 is 72.1 Å². The number of alkyl halides is 6. The van der Waals surface area contributed by atoms with Gasteiger partial charge in [-0.2, -0.15) is 26.3 Å². The number of halogens is 6. The SMILES string of the molecule is CC(C)(C)c1oc2cc([N+](=O)[O-])ccc2c1C1=C(c2c(C(C)(C)C)oc3cc([N+](=O)[O-])ccc23)C(F)(F)C(F)(F)C1(F)F. The van der Waals surface area contributed by atoms with Crippen molar-refractivity contribution in [2.75, 3.05) is 0 Å². The Hall–Kier alpha value is -4.36.